The number of likely N-dealkylation sites (tertiary alicyclic amines) is 1. The number of carbonyl (C=O) groups is 3. The molecule has 1 atom stereocenters. The highest BCUT2D eigenvalue weighted by Gasteiger charge is 2.29. The molecule has 1 unspecified atom stereocenters. The molecule has 0 spiro atoms. The predicted octanol–water partition coefficient (Wildman–Crippen LogP) is 4.86. The lowest BCUT2D eigenvalue weighted by atomic mass is 9.96. The van der Waals surface area contributed by atoms with Crippen LogP contribution in [0.2, 0.25) is 0 Å². The van der Waals surface area contributed by atoms with Crippen LogP contribution < -0.4 is 5.32 Å². The first-order valence-corrected chi connectivity index (χ1v) is 12.3. The number of nitrogens with one attached hydrogen (secondary N) is 1. The summed E-state index contributed by atoms with van der Waals surface area (Å²) in [5.74, 6) is -0.329. The molecule has 2 aromatic rings. The average molecular weight is 480 g/mol. The molecule has 1 aliphatic heterocycles. The second-order valence-corrected chi connectivity index (χ2v) is 9.98. The van der Waals surface area contributed by atoms with Gasteiger partial charge >= 0.3 is 6.09 Å². The van der Waals surface area contributed by atoms with E-state index >= 15 is 0 Å². The van der Waals surface area contributed by atoms with Crippen molar-refractivity contribution in [2.45, 2.75) is 59.1 Å². The Bertz CT molecular complexity index is 1020. The molecule has 1 aliphatic rings. The third-order valence-electron chi connectivity index (χ3n) is 6.01. The van der Waals surface area contributed by atoms with Crippen molar-refractivity contribution in [2.75, 3.05) is 25.0 Å². The first-order chi connectivity index (χ1) is 16.7. The Morgan fingerprint density at radius 2 is 1.74 bits per heavy atom. The van der Waals surface area contributed by atoms with E-state index in [1.165, 1.54) is 0 Å². The minimum atomic E-state index is -0.580. The molecule has 3 rings (SSSR count). The lowest BCUT2D eigenvalue weighted by Crippen LogP contribution is -2.44. The fraction of sp³-hybridized carbons (Fsp3) is 0.464. The van der Waals surface area contributed by atoms with E-state index in [1.807, 2.05) is 82.3 Å². The Kier molecular flexibility index (Phi) is 8.90. The Morgan fingerprint density at radius 3 is 2.43 bits per heavy atom. The van der Waals surface area contributed by atoms with Crippen molar-refractivity contribution in [1.29, 1.82) is 0 Å². The average Bonchev–Trinajstić information content (AvgIpc) is 2.83. The van der Waals surface area contributed by atoms with Crippen LogP contribution >= 0.6 is 0 Å². The lowest BCUT2D eigenvalue weighted by Gasteiger charge is -2.32. The van der Waals surface area contributed by atoms with Gasteiger partial charge < -0.3 is 19.9 Å². The number of carbonyl (C=O) groups excluding carboxylic acids is 3. The molecule has 1 saturated heterocycles. The van der Waals surface area contributed by atoms with Crippen LogP contribution in [0, 0.1) is 5.92 Å². The van der Waals surface area contributed by atoms with Crippen molar-refractivity contribution in [3.05, 3.63) is 65.7 Å². The minimum Gasteiger partial charge on any atom is -0.444 e. The van der Waals surface area contributed by atoms with E-state index in [2.05, 4.69) is 5.32 Å². The number of para-hydroxylation sites is 1. The van der Waals surface area contributed by atoms with Gasteiger partial charge in [0.25, 0.3) is 0 Å². The van der Waals surface area contributed by atoms with E-state index in [0.29, 0.717) is 38.3 Å². The van der Waals surface area contributed by atoms with Gasteiger partial charge in [0.1, 0.15) is 5.60 Å². The molecule has 188 valence electrons. The number of hydrogen-bond acceptors (Lipinski definition) is 4. The Morgan fingerprint density at radius 1 is 1.06 bits per heavy atom. The summed E-state index contributed by atoms with van der Waals surface area (Å²) < 4.78 is 5.52. The highest BCUT2D eigenvalue weighted by Crippen LogP contribution is 2.23. The van der Waals surface area contributed by atoms with Crippen LogP contribution in [0.25, 0.3) is 0 Å². The molecule has 1 fully saturated rings. The second-order valence-electron chi connectivity index (χ2n) is 9.98. The van der Waals surface area contributed by atoms with Crippen molar-refractivity contribution >= 4 is 23.6 Å². The normalized spacial score (nSPS) is 15.9. The fourth-order valence-electron chi connectivity index (χ4n) is 4.15. The maximum atomic E-state index is 13.2. The van der Waals surface area contributed by atoms with Crippen molar-refractivity contribution in [3.8, 4) is 0 Å². The van der Waals surface area contributed by atoms with E-state index in [0.717, 1.165) is 24.0 Å². The summed E-state index contributed by atoms with van der Waals surface area (Å²) in [5, 5.41) is 3.05. The summed E-state index contributed by atoms with van der Waals surface area (Å²) in [6.45, 7) is 9.31. The molecule has 3 amide bonds. The summed E-state index contributed by atoms with van der Waals surface area (Å²) in [5.41, 5.74) is 1.90. The van der Waals surface area contributed by atoms with Crippen LogP contribution in [-0.2, 0) is 27.3 Å². The first-order valence-electron chi connectivity index (χ1n) is 12.3. The van der Waals surface area contributed by atoms with Crippen LogP contribution in [0.3, 0.4) is 0 Å². The molecule has 35 heavy (non-hydrogen) atoms. The number of anilines is 1. The molecular formula is C28H37N3O4. The van der Waals surface area contributed by atoms with Gasteiger partial charge in [-0.3, -0.25) is 9.59 Å². The number of piperidine rings is 1. The van der Waals surface area contributed by atoms with Gasteiger partial charge in [0.2, 0.25) is 11.8 Å². The summed E-state index contributed by atoms with van der Waals surface area (Å²) >= 11 is 0. The van der Waals surface area contributed by atoms with Gasteiger partial charge in [-0.05, 0) is 57.7 Å². The molecule has 0 aliphatic carbocycles. The van der Waals surface area contributed by atoms with Crippen molar-refractivity contribution < 1.29 is 19.1 Å². The van der Waals surface area contributed by atoms with E-state index in [1.54, 1.807) is 9.80 Å². The molecule has 7 heteroatoms. The number of rotatable bonds is 7. The molecule has 1 N–H and O–H groups in total. The highest BCUT2D eigenvalue weighted by molar-refractivity contribution is 5.94. The quantitative estimate of drug-likeness (QED) is 0.615. The molecule has 1 heterocycles. The first kappa shape index (κ1) is 26.3. The second kappa shape index (κ2) is 11.9. The van der Waals surface area contributed by atoms with Gasteiger partial charge in [0.05, 0.1) is 18.9 Å². The van der Waals surface area contributed by atoms with E-state index < -0.39 is 5.60 Å². The molecule has 7 nitrogen and oxygen atoms in total. The zero-order valence-corrected chi connectivity index (χ0v) is 21.3. The lowest BCUT2D eigenvalue weighted by molar-refractivity contribution is -0.133. The highest BCUT2D eigenvalue weighted by atomic mass is 16.6. The van der Waals surface area contributed by atoms with Crippen molar-refractivity contribution in [3.63, 3.8) is 0 Å². The number of hydrogen-bond donors (Lipinski definition) is 1. The third kappa shape index (κ3) is 7.84. The number of nitrogens with zero attached hydrogens (tertiary/aromatic N) is 2. The molecule has 0 radical (unpaired) electrons. The molecule has 0 bridgehead atoms. The van der Waals surface area contributed by atoms with E-state index in [4.69, 9.17) is 4.74 Å². The molecule has 0 saturated carbocycles. The third-order valence-corrected chi connectivity index (χ3v) is 6.01. The van der Waals surface area contributed by atoms with Gasteiger partial charge in [0.15, 0.2) is 0 Å². The zero-order valence-electron chi connectivity index (χ0n) is 21.3. The topological polar surface area (TPSA) is 79.0 Å². The zero-order chi connectivity index (χ0) is 25.4. The molecular weight excluding hydrogens is 442 g/mol. The fourth-order valence-corrected chi connectivity index (χ4v) is 4.15. The Hall–Kier alpha value is -3.35. The van der Waals surface area contributed by atoms with Crippen LogP contribution in [0.15, 0.2) is 54.6 Å². The maximum Gasteiger partial charge on any atom is 0.410 e. The van der Waals surface area contributed by atoms with Gasteiger partial charge in [-0.2, -0.15) is 0 Å². The van der Waals surface area contributed by atoms with Gasteiger partial charge in [-0.1, -0.05) is 48.5 Å². The van der Waals surface area contributed by atoms with Crippen LogP contribution in [0.5, 0.6) is 0 Å². The summed E-state index contributed by atoms with van der Waals surface area (Å²) in [6, 6.07) is 17.2. The summed E-state index contributed by atoms with van der Waals surface area (Å²) in [6.07, 6.45) is 1.49. The van der Waals surface area contributed by atoms with Gasteiger partial charge in [-0.25, -0.2) is 4.79 Å². The number of ether oxygens (including phenoxy) is 1. The summed E-state index contributed by atoms with van der Waals surface area (Å²) in [7, 11) is 0. The van der Waals surface area contributed by atoms with Gasteiger partial charge in [0, 0.05) is 25.3 Å². The summed E-state index contributed by atoms with van der Waals surface area (Å²) in [4.78, 5) is 42.0. The number of benzene rings is 2. The van der Waals surface area contributed by atoms with Gasteiger partial charge in [-0.15, -0.1) is 0 Å². The van der Waals surface area contributed by atoms with Crippen molar-refractivity contribution in [1.82, 2.24) is 9.80 Å². The van der Waals surface area contributed by atoms with Crippen LogP contribution in [-0.4, -0.2) is 52.9 Å². The smallest absolute Gasteiger partial charge is 0.410 e. The Balaban J connectivity index is 1.63. The monoisotopic (exact) mass is 479 g/mol. The van der Waals surface area contributed by atoms with E-state index in [-0.39, 0.29) is 23.8 Å². The minimum absolute atomic E-state index is 0.0463. The largest absolute Gasteiger partial charge is 0.444 e. The maximum absolute atomic E-state index is 13.2. The predicted molar refractivity (Wildman–Crippen MR) is 137 cm³/mol. The van der Waals surface area contributed by atoms with Crippen molar-refractivity contribution in [2.24, 2.45) is 5.92 Å². The molecule has 2 aromatic carbocycles. The SMILES string of the molecule is CCN(Cc1ccccc1NC(=O)C1CCCN(C(=O)Cc2ccccc2)C1)C(=O)OC(C)(C)C. The van der Waals surface area contributed by atoms with E-state index in [9.17, 15) is 14.4 Å². The standard InChI is InChI=1S/C28H37N3O4/c1-5-30(27(34)35-28(2,3)4)19-22-14-9-10-16-24(22)29-26(33)23-15-11-17-31(20-23)25(32)18-21-12-7-6-8-13-21/h6-10,12-14,16,23H,5,11,15,17-20H2,1-4H3,(H,29,33). The van der Waals surface area contributed by atoms with Crippen LogP contribution in [0.1, 0.15) is 51.7 Å². The van der Waals surface area contributed by atoms with Crippen LogP contribution in [0.4, 0.5) is 10.5 Å². The Labute approximate surface area is 208 Å². The molecule has 0 aromatic heterocycles. The number of amides is 3.